The molecule has 0 aliphatic carbocycles. The lowest BCUT2D eigenvalue weighted by molar-refractivity contribution is 0.420. The van der Waals surface area contributed by atoms with Crippen molar-refractivity contribution in [3.05, 3.63) is 71.1 Å². The van der Waals surface area contributed by atoms with Crippen LogP contribution in [-0.2, 0) is 0 Å². The van der Waals surface area contributed by atoms with Crippen molar-refractivity contribution in [2.75, 3.05) is 18.8 Å². The van der Waals surface area contributed by atoms with Gasteiger partial charge in [0.25, 0.3) is 0 Å². The molecule has 1 aromatic carbocycles. The van der Waals surface area contributed by atoms with E-state index >= 15 is 0 Å². The highest BCUT2D eigenvalue weighted by Crippen LogP contribution is 2.34. The van der Waals surface area contributed by atoms with Gasteiger partial charge >= 0.3 is 0 Å². The smallest absolute Gasteiger partial charge is 0.137 e. The monoisotopic (exact) mass is 405 g/mol. The first kappa shape index (κ1) is 20.2. The van der Waals surface area contributed by atoms with Crippen molar-refractivity contribution in [2.45, 2.75) is 44.9 Å². The second-order valence-electron chi connectivity index (χ2n) is 7.81. The number of thioether (sulfide) groups is 1. The van der Waals surface area contributed by atoms with Crippen molar-refractivity contribution in [3.63, 3.8) is 0 Å². The van der Waals surface area contributed by atoms with Crippen LogP contribution in [0.2, 0.25) is 0 Å². The Kier molecular flexibility index (Phi) is 6.41. The van der Waals surface area contributed by atoms with Crippen molar-refractivity contribution < 1.29 is 0 Å². The zero-order valence-electron chi connectivity index (χ0n) is 17.7. The van der Waals surface area contributed by atoms with Crippen molar-refractivity contribution >= 4 is 23.3 Å². The minimum Gasteiger partial charge on any atom is -0.317 e. The minimum absolute atomic E-state index is 0.646. The topological polar surface area (TPSA) is 27.6 Å². The van der Waals surface area contributed by atoms with Crippen molar-refractivity contribution in [1.82, 2.24) is 10.2 Å². The summed E-state index contributed by atoms with van der Waals surface area (Å²) in [5.74, 6) is 2.75. The molecule has 0 spiro atoms. The first-order chi connectivity index (χ1) is 14.2. The summed E-state index contributed by atoms with van der Waals surface area (Å²) in [6.45, 7) is 8.82. The van der Waals surface area contributed by atoms with Gasteiger partial charge in [-0.25, -0.2) is 4.99 Å². The molecule has 0 amide bonds. The molecular formula is C25H31N3S. The van der Waals surface area contributed by atoms with Crippen LogP contribution < -0.4 is 5.32 Å². The van der Waals surface area contributed by atoms with E-state index in [-0.39, 0.29) is 0 Å². The molecule has 152 valence electrons. The molecule has 0 unspecified atom stereocenters. The van der Waals surface area contributed by atoms with Crippen LogP contribution >= 0.6 is 11.8 Å². The summed E-state index contributed by atoms with van der Waals surface area (Å²) in [5.41, 5.74) is 6.25. The van der Waals surface area contributed by atoms with E-state index in [1.807, 2.05) is 11.8 Å². The number of benzene rings is 1. The molecule has 1 N–H and O–H groups in total. The Bertz CT molecular complexity index is 914. The molecule has 1 fully saturated rings. The quantitative estimate of drug-likeness (QED) is 0.617. The molecule has 0 atom stereocenters. The van der Waals surface area contributed by atoms with Crippen molar-refractivity contribution in [2.24, 2.45) is 10.9 Å². The van der Waals surface area contributed by atoms with Crippen LogP contribution in [-0.4, -0.2) is 29.6 Å². The lowest BCUT2D eigenvalue weighted by Crippen LogP contribution is -2.32. The molecule has 1 saturated heterocycles. The van der Waals surface area contributed by atoms with E-state index in [0.717, 1.165) is 36.8 Å². The van der Waals surface area contributed by atoms with Crippen LogP contribution in [0.15, 0.2) is 69.9 Å². The highest BCUT2D eigenvalue weighted by Gasteiger charge is 2.24. The van der Waals surface area contributed by atoms with Crippen LogP contribution in [0.25, 0.3) is 5.70 Å². The molecule has 0 radical (unpaired) electrons. The predicted octanol–water partition coefficient (Wildman–Crippen LogP) is 5.91. The fourth-order valence-electron chi connectivity index (χ4n) is 4.15. The highest BCUT2D eigenvalue weighted by atomic mass is 32.2. The number of piperidine rings is 1. The van der Waals surface area contributed by atoms with Gasteiger partial charge in [-0.15, -0.1) is 11.8 Å². The Morgan fingerprint density at radius 3 is 2.79 bits per heavy atom. The number of amidine groups is 1. The summed E-state index contributed by atoms with van der Waals surface area (Å²) in [4.78, 5) is 8.65. The van der Waals surface area contributed by atoms with Gasteiger partial charge in [0.15, 0.2) is 0 Å². The number of nitrogens with one attached hydrogen (secondary N) is 1. The number of aliphatic imine (C=N–C) groups is 1. The van der Waals surface area contributed by atoms with Crippen LogP contribution in [0.1, 0.15) is 44.2 Å². The van der Waals surface area contributed by atoms with Gasteiger partial charge in [0, 0.05) is 22.4 Å². The van der Waals surface area contributed by atoms with Gasteiger partial charge in [-0.2, -0.15) is 0 Å². The average molecular weight is 406 g/mol. The maximum absolute atomic E-state index is 5.03. The summed E-state index contributed by atoms with van der Waals surface area (Å²) in [6, 6.07) is 6.71. The zero-order valence-corrected chi connectivity index (χ0v) is 18.6. The average Bonchev–Trinajstić information content (AvgIpc) is 2.76. The number of allylic oxidation sites excluding steroid dienone is 4. The van der Waals surface area contributed by atoms with E-state index in [2.05, 4.69) is 79.7 Å². The fourth-order valence-corrected chi connectivity index (χ4v) is 4.97. The number of fused-ring (bicyclic) bond motifs is 1. The van der Waals surface area contributed by atoms with Crippen molar-refractivity contribution in [3.8, 4) is 0 Å². The van der Waals surface area contributed by atoms with E-state index in [0.29, 0.717) is 5.92 Å². The van der Waals surface area contributed by atoms with Gasteiger partial charge < -0.3 is 10.2 Å². The zero-order chi connectivity index (χ0) is 20.2. The molecule has 3 aliphatic rings. The third-order valence-corrected chi connectivity index (χ3v) is 6.79. The third kappa shape index (κ3) is 4.44. The number of rotatable bonds is 5. The number of nitrogens with zero attached hydrogens (tertiary/aromatic N) is 2. The molecule has 3 aliphatic heterocycles. The summed E-state index contributed by atoms with van der Waals surface area (Å²) in [7, 11) is 0. The molecule has 29 heavy (non-hydrogen) atoms. The van der Waals surface area contributed by atoms with Crippen LogP contribution in [0.3, 0.4) is 0 Å². The first-order valence-corrected chi connectivity index (χ1v) is 11.8. The van der Waals surface area contributed by atoms with Gasteiger partial charge in [0.2, 0.25) is 0 Å². The van der Waals surface area contributed by atoms with Gasteiger partial charge in [-0.1, -0.05) is 38.1 Å². The second-order valence-corrected chi connectivity index (χ2v) is 9.11. The van der Waals surface area contributed by atoms with E-state index in [9.17, 15) is 0 Å². The maximum Gasteiger partial charge on any atom is 0.137 e. The molecular weight excluding hydrogens is 374 g/mol. The molecule has 0 bridgehead atoms. The molecule has 4 rings (SSSR count). The summed E-state index contributed by atoms with van der Waals surface area (Å²) in [5, 5.41) is 3.47. The van der Waals surface area contributed by atoms with Gasteiger partial charge in [0.05, 0.1) is 5.70 Å². The second kappa shape index (κ2) is 9.19. The predicted molar refractivity (Wildman–Crippen MR) is 126 cm³/mol. The molecule has 0 saturated carbocycles. The molecule has 3 nitrogen and oxygen atoms in total. The summed E-state index contributed by atoms with van der Waals surface area (Å²) >= 11 is 1.90. The Balaban J connectivity index is 1.67. The van der Waals surface area contributed by atoms with E-state index in [4.69, 9.17) is 4.99 Å². The van der Waals surface area contributed by atoms with Crippen molar-refractivity contribution in [1.29, 1.82) is 0 Å². The normalized spacial score (nSPS) is 21.0. The first-order valence-electron chi connectivity index (χ1n) is 10.8. The number of hydrogen-bond donors (Lipinski definition) is 1. The highest BCUT2D eigenvalue weighted by molar-refractivity contribution is 7.99. The Hall–Kier alpha value is -2.04. The van der Waals surface area contributed by atoms with E-state index in [1.165, 1.54) is 40.1 Å². The summed E-state index contributed by atoms with van der Waals surface area (Å²) in [6.07, 6.45) is 14.8. The Labute approximate surface area is 179 Å². The molecule has 3 heterocycles. The van der Waals surface area contributed by atoms with Gasteiger partial charge in [0.1, 0.15) is 5.84 Å². The van der Waals surface area contributed by atoms with Crippen LogP contribution in [0.5, 0.6) is 0 Å². The van der Waals surface area contributed by atoms with E-state index < -0.39 is 0 Å². The molecule has 4 heteroatoms. The van der Waals surface area contributed by atoms with E-state index in [1.54, 1.807) is 0 Å². The third-order valence-electron chi connectivity index (χ3n) is 5.76. The minimum atomic E-state index is 0.646. The van der Waals surface area contributed by atoms with Crippen LogP contribution in [0, 0.1) is 12.8 Å². The van der Waals surface area contributed by atoms with Gasteiger partial charge in [-0.05, 0) is 80.3 Å². The standard InChI is InChI=1S/C25H31N3S/c1-4-6-22-16-23(20-8-7-18(3)24(15-20)29-5-2)27-25-10-9-21(17-28(22)25)19-11-13-26-14-12-19/h6-10,15-17,19,26H,4-5,11-14H2,1-3H3/b22-6-. The Morgan fingerprint density at radius 1 is 1.21 bits per heavy atom. The maximum atomic E-state index is 5.03. The summed E-state index contributed by atoms with van der Waals surface area (Å²) < 4.78 is 0. The molecule has 1 aromatic rings. The lowest BCUT2D eigenvalue weighted by atomic mass is 9.89. The Morgan fingerprint density at radius 2 is 2.03 bits per heavy atom. The number of aryl methyl sites for hydroxylation is 1. The van der Waals surface area contributed by atoms with Gasteiger partial charge in [-0.3, -0.25) is 0 Å². The SMILES string of the molecule is CC/C=C1/C=C(c2ccc(C)c(SCC)c2)N=C2C=CC(C3CCNCC3)=CN21. The largest absolute Gasteiger partial charge is 0.317 e. The molecule has 0 aromatic heterocycles. The van der Waals surface area contributed by atoms with Crippen LogP contribution in [0.4, 0.5) is 0 Å². The lowest BCUT2D eigenvalue weighted by Gasteiger charge is -2.32. The fraction of sp³-hybridized carbons (Fsp3) is 0.400. The number of hydrogen-bond acceptors (Lipinski definition) is 4.